The SMILES string of the molecule is CNC[C@@H]1OC(=O)N2c3ccc(OC)cc3CC[C@@H]12.Cl. The molecule has 5 nitrogen and oxygen atoms in total. The molecule has 1 N–H and O–H groups in total. The van der Waals surface area contributed by atoms with E-state index in [0.29, 0.717) is 6.54 Å². The third-order valence-corrected chi connectivity index (χ3v) is 3.87. The van der Waals surface area contributed by atoms with Gasteiger partial charge in [-0.2, -0.15) is 0 Å². The Morgan fingerprint density at radius 2 is 2.30 bits per heavy atom. The number of hydrogen-bond donors (Lipinski definition) is 1. The number of likely N-dealkylation sites (N-methyl/N-ethyl adjacent to an activating group) is 1. The summed E-state index contributed by atoms with van der Waals surface area (Å²) < 4.78 is 10.7. The van der Waals surface area contributed by atoms with Crippen molar-refractivity contribution in [2.45, 2.75) is 25.0 Å². The van der Waals surface area contributed by atoms with Crippen molar-refractivity contribution in [1.29, 1.82) is 0 Å². The molecule has 0 spiro atoms. The molecular weight excluding hydrogens is 280 g/mol. The van der Waals surface area contributed by atoms with E-state index >= 15 is 0 Å². The normalized spacial score (nSPS) is 23.5. The molecule has 2 atom stereocenters. The van der Waals surface area contributed by atoms with Gasteiger partial charge in [0.25, 0.3) is 0 Å². The number of aryl methyl sites for hydroxylation is 1. The number of carbonyl (C=O) groups is 1. The fourth-order valence-electron chi connectivity index (χ4n) is 2.96. The van der Waals surface area contributed by atoms with E-state index in [1.807, 2.05) is 25.2 Å². The summed E-state index contributed by atoms with van der Waals surface area (Å²) in [5.74, 6) is 0.830. The van der Waals surface area contributed by atoms with Crippen LogP contribution >= 0.6 is 12.4 Å². The molecule has 0 aliphatic carbocycles. The zero-order chi connectivity index (χ0) is 13.4. The van der Waals surface area contributed by atoms with Crippen molar-refractivity contribution in [1.82, 2.24) is 5.32 Å². The summed E-state index contributed by atoms with van der Waals surface area (Å²) in [6, 6.07) is 5.98. The van der Waals surface area contributed by atoms with Crippen molar-refractivity contribution in [2.75, 3.05) is 25.6 Å². The molecule has 1 aromatic carbocycles. The van der Waals surface area contributed by atoms with E-state index in [9.17, 15) is 4.79 Å². The fraction of sp³-hybridized carbons (Fsp3) is 0.500. The predicted molar refractivity (Wildman–Crippen MR) is 79.0 cm³/mol. The molecule has 0 aromatic heterocycles. The number of cyclic esters (lactones) is 1. The summed E-state index contributed by atoms with van der Waals surface area (Å²) in [5.41, 5.74) is 2.11. The molecule has 0 saturated carbocycles. The Bertz CT molecular complexity index is 509. The Hall–Kier alpha value is -1.46. The van der Waals surface area contributed by atoms with Crippen LogP contribution in [0.2, 0.25) is 0 Å². The number of benzene rings is 1. The summed E-state index contributed by atoms with van der Waals surface area (Å²) in [5, 5.41) is 3.08. The molecule has 1 saturated heterocycles. The molecule has 110 valence electrons. The van der Waals surface area contributed by atoms with Crippen molar-refractivity contribution in [3.8, 4) is 5.75 Å². The van der Waals surface area contributed by atoms with Crippen LogP contribution in [0.4, 0.5) is 10.5 Å². The van der Waals surface area contributed by atoms with Crippen molar-refractivity contribution in [3.63, 3.8) is 0 Å². The Labute approximate surface area is 124 Å². The first-order valence-electron chi connectivity index (χ1n) is 6.56. The first-order valence-corrected chi connectivity index (χ1v) is 6.56. The van der Waals surface area contributed by atoms with Crippen LogP contribution in [0, 0.1) is 0 Å². The zero-order valence-corrected chi connectivity index (χ0v) is 12.4. The van der Waals surface area contributed by atoms with E-state index in [1.54, 1.807) is 12.0 Å². The van der Waals surface area contributed by atoms with Crippen LogP contribution in [0.5, 0.6) is 5.75 Å². The van der Waals surface area contributed by atoms with Gasteiger partial charge in [0.1, 0.15) is 11.9 Å². The van der Waals surface area contributed by atoms with Gasteiger partial charge < -0.3 is 14.8 Å². The van der Waals surface area contributed by atoms with Crippen molar-refractivity contribution < 1.29 is 14.3 Å². The molecule has 1 amide bonds. The molecule has 20 heavy (non-hydrogen) atoms. The van der Waals surface area contributed by atoms with Gasteiger partial charge in [0.05, 0.1) is 18.8 Å². The second kappa shape index (κ2) is 5.89. The lowest BCUT2D eigenvalue weighted by atomic mass is 9.93. The van der Waals surface area contributed by atoms with E-state index in [-0.39, 0.29) is 30.6 Å². The highest BCUT2D eigenvalue weighted by Gasteiger charge is 2.44. The lowest BCUT2D eigenvalue weighted by molar-refractivity contribution is 0.131. The quantitative estimate of drug-likeness (QED) is 0.927. The number of methoxy groups -OCH3 is 1. The summed E-state index contributed by atoms with van der Waals surface area (Å²) in [7, 11) is 3.53. The van der Waals surface area contributed by atoms with Gasteiger partial charge in [0, 0.05) is 6.54 Å². The number of nitrogens with zero attached hydrogens (tertiary/aromatic N) is 1. The van der Waals surface area contributed by atoms with Gasteiger partial charge in [-0.25, -0.2) is 4.79 Å². The van der Waals surface area contributed by atoms with Gasteiger partial charge >= 0.3 is 6.09 Å². The first-order chi connectivity index (χ1) is 9.24. The van der Waals surface area contributed by atoms with Gasteiger partial charge in [-0.3, -0.25) is 4.90 Å². The lowest BCUT2D eigenvalue weighted by Crippen LogP contribution is -2.43. The standard InChI is InChI=1S/C14H18N2O3.ClH/c1-15-8-13-12-5-3-9-7-10(18-2)4-6-11(9)16(12)14(17)19-13;/h4,6-7,12-13,15H,3,5,8H2,1-2H3;1H/t12-,13-;/m0./s1. The van der Waals surface area contributed by atoms with Crippen LogP contribution in [-0.2, 0) is 11.2 Å². The van der Waals surface area contributed by atoms with E-state index in [1.165, 1.54) is 0 Å². The number of ether oxygens (including phenoxy) is 2. The number of hydrogen-bond acceptors (Lipinski definition) is 4. The lowest BCUT2D eigenvalue weighted by Gasteiger charge is -2.31. The molecular formula is C14H19ClN2O3. The molecule has 3 rings (SSSR count). The van der Waals surface area contributed by atoms with Crippen molar-refractivity contribution in [3.05, 3.63) is 23.8 Å². The number of halogens is 1. The first kappa shape index (κ1) is 14.9. The van der Waals surface area contributed by atoms with Crippen LogP contribution < -0.4 is 15.0 Å². The summed E-state index contributed by atoms with van der Waals surface area (Å²) in [6.07, 6.45) is 1.58. The molecule has 2 aliphatic heterocycles. The second-order valence-corrected chi connectivity index (χ2v) is 4.95. The topological polar surface area (TPSA) is 50.8 Å². The number of fused-ring (bicyclic) bond motifs is 3. The third kappa shape index (κ3) is 2.31. The van der Waals surface area contributed by atoms with E-state index in [2.05, 4.69) is 5.32 Å². The molecule has 0 radical (unpaired) electrons. The molecule has 1 fully saturated rings. The van der Waals surface area contributed by atoms with Gasteiger partial charge in [-0.05, 0) is 43.7 Å². The van der Waals surface area contributed by atoms with Crippen LogP contribution in [-0.4, -0.2) is 38.9 Å². The Morgan fingerprint density at radius 3 is 3.00 bits per heavy atom. The molecule has 2 aliphatic rings. The van der Waals surface area contributed by atoms with Crippen LogP contribution in [0.15, 0.2) is 18.2 Å². The highest BCUT2D eigenvalue weighted by atomic mass is 35.5. The molecule has 0 bridgehead atoms. The van der Waals surface area contributed by atoms with E-state index < -0.39 is 0 Å². The second-order valence-electron chi connectivity index (χ2n) is 4.95. The number of amides is 1. The fourth-order valence-corrected chi connectivity index (χ4v) is 2.96. The van der Waals surface area contributed by atoms with E-state index in [0.717, 1.165) is 29.8 Å². The highest BCUT2D eigenvalue weighted by Crippen LogP contribution is 2.38. The van der Waals surface area contributed by atoms with Gasteiger partial charge in [-0.15, -0.1) is 12.4 Å². The minimum Gasteiger partial charge on any atom is -0.497 e. The molecule has 2 heterocycles. The monoisotopic (exact) mass is 298 g/mol. The zero-order valence-electron chi connectivity index (χ0n) is 11.6. The van der Waals surface area contributed by atoms with Crippen LogP contribution in [0.1, 0.15) is 12.0 Å². The molecule has 0 unspecified atom stereocenters. The average Bonchev–Trinajstić information content (AvgIpc) is 2.75. The highest BCUT2D eigenvalue weighted by molar-refractivity contribution is 5.92. The largest absolute Gasteiger partial charge is 0.497 e. The summed E-state index contributed by atoms with van der Waals surface area (Å²) >= 11 is 0. The molecule has 6 heteroatoms. The van der Waals surface area contributed by atoms with Crippen LogP contribution in [0.25, 0.3) is 0 Å². The number of rotatable bonds is 3. The Balaban J connectivity index is 0.00000147. The van der Waals surface area contributed by atoms with Gasteiger partial charge in [-0.1, -0.05) is 0 Å². The summed E-state index contributed by atoms with van der Waals surface area (Å²) in [4.78, 5) is 13.8. The average molecular weight is 299 g/mol. The van der Waals surface area contributed by atoms with Crippen LogP contribution in [0.3, 0.4) is 0 Å². The smallest absolute Gasteiger partial charge is 0.415 e. The number of carbonyl (C=O) groups excluding carboxylic acids is 1. The minimum atomic E-state index is -0.239. The maximum absolute atomic E-state index is 12.1. The number of nitrogens with one attached hydrogen (secondary N) is 1. The van der Waals surface area contributed by atoms with Gasteiger partial charge in [0.2, 0.25) is 0 Å². The number of anilines is 1. The van der Waals surface area contributed by atoms with E-state index in [4.69, 9.17) is 9.47 Å². The summed E-state index contributed by atoms with van der Waals surface area (Å²) in [6.45, 7) is 0.693. The Morgan fingerprint density at radius 1 is 1.50 bits per heavy atom. The van der Waals surface area contributed by atoms with Crippen molar-refractivity contribution in [2.24, 2.45) is 0 Å². The maximum atomic E-state index is 12.1. The maximum Gasteiger partial charge on any atom is 0.415 e. The Kier molecular flexibility index (Phi) is 4.40. The predicted octanol–water partition coefficient (Wildman–Crippen LogP) is 1.98. The minimum absolute atomic E-state index is 0. The molecule has 1 aromatic rings. The van der Waals surface area contributed by atoms with Crippen molar-refractivity contribution >= 4 is 24.2 Å². The third-order valence-electron chi connectivity index (χ3n) is 3.87. The van der Waals surface area contributed by atoms with Gasteiger partial charge in [0.15, 0.2) is 0 Å².